The lowest BCUT2D eigenvalue weighted by Crippen LogP contribution is -2.40. The number of anilines is 3. The van der Waals surface area contributed by atoms with Gasteiger partial charge in [-0.2, -0.15) is 5.26 Å². The summed E-state index contributed by atoms with van der Waals surface area (Å²) in [5.74, 6) is 0.837. The van der Waals surface area contributed by atoms with Crippen LogP contribution in [0, 0.1) is 17.1 Å². The predicted octanol–water partition coefficient (Wildman–Crippen LogP) is 3.37. The highest BCUT2D eigenvalue weighted by Crippen LogP contribution is 2.36. The second-order valence-electron chi connectivity index (χ2n) is 7.63. The molecule has 7 nitrogen and oxygen atoms in total. The lowest BCUT2D eigenvalue weighted by Gasteiger charge is -2.31. The van der Waals surface area contributed by atoms with Crippen molar-refractivity contribution in [3.05, 3.63) is 54.1 Å². The highest BCUT2D eigenvalue weighted by atomic mass is 19.1. The zero-order chi connectivity index (χ0) is 22.0. The van der Waals surface area contributed by atoms with Crippen molar-refractivity contribution in [2.75, 3.05) is 36.1 Å². The van der Waals surface area contributed by atoms with E-state index in [2.05, 4.69) is 20.2 Å². The van der Waals surface area contributed by atoms with E-state index in [1.54, 1.807) is 25.5 Å². The normalized spacial score (nSPS) is 14.3. The first-order valence-electron chi connectivity index (χ1n) is 10.1. The number of piperidine rings is 1. The summed E-state index contributed by atoms with van der Waals surface area (Å²) >= 11 is 0. The Balaban J connectivity index is 1.83. The summed E-state index contributed by atoms with van der Waals surface area (Å²) < 4.78 is 14.4. The van der Waals surface area contributed by atoms with Crippen molar-refractivity contribution in [2.45, 2.75) is 18.9 Å². The van der Waals surface area contributed by atoms with Crippen LogP contribution in [0.2, 0.25) is 0 Å². The molecule has 0 atom stereocenters. The molecule has 0 unspecified atom stereocenters. The van der Waals surface area contributed by atoms with Gasteiger partial charge in [-0.05, 0) is 48.2 Å². The van der Waals surface area contributed by atoms with Gasteiger partial charge in [-0.1, -0.05) is 6.07 Å². The van der Waals surface area contributed by atoms with Crippen LogP contribution in [0.25, 0.3) is 22.3 Å². The second kappa shape index (κ2) is 8.58. The molecule has 3 aromatic rings. The van der Waals surface area contributed by atoms with E-state index in [1.807, 2.05) is 18.2 Å². The summed E-state index contributed by atoms with van der Waals surface area (Å²) in [5, 5.41) is 12.0. The number of nitrogen functional groups attached to an aromatic ring is 1. The Morgan fingerprint density at radius 3 is 2.52 bits per heavy atom. The van der Waals surface area contributed by atoms with E-state index in [0.29, 0.717) is 17.1 Å². The number of halogens is 1. The van der Waals surface area contributed by atoms with Crippen LogP contribution in [0.1, 0.15) is 18.4 Å². The summed E-state index contributed by atoms with van der Waals surface area (Å²) in [5.41, 5.74) is 15.7. The minimum absolute atomic E-state index is 0.00822. The summed E-state index contributed by atoms with van der Waals surface area (Å²) in [4.78, 5) is 11.2. The van der Waals surface area contributed by atoms with Crippen LogP contribution < -0.4 is 21.7 Å². The molecule has 1 saturated heterocycles. The molecule has 5 N–H and O–H groups in total. The van der Waals surface area contributed by atoms with Crippen molar-refractivity contribution >= 4 is 17.3 Å². The van der Waals surface area contributed by atoms with E-state index >= 15 is 0 Å². The minimum Gasteiger partial charge on any atom is -0.396 e. The molecule has 158 valence electrons. The number of nitriles is 1. The van der Waals surface area contributed by atoms with Crippen molar-refractivity contribution in [2.24, 2.45) is 5.73 Å². The zero-order valence-corrected chi connectivity index (χ0v) is 17.3. The summed E-state index contributed by atoms with van der Waals surface area (Å²) in [7, 11) is 1.75. The molecule has 0 saturated carbocycles. The topological polar surface area (TPSA) is 117 Å². The zero-order valence-electron chi connectivity index (χ0n) is 17.3. The number of nitrogens with one attached hydrogen (secondary N) is 1. The van der Waals surface area contributed by atoms with Gasteiger partial charge in [0.2, 0.25) is 0 Å². The third-order valence-electron chi connectivity index (χ3n) is 5.62. The van der Waals surface area contributed by atoms with Crippen molar-refractivity contribution in [1.29, 1.82) is 5.26 Å². The van der Waals surface area contributed by atoms with Gasteiger partial charge >= 0.3 is 0 Å². The lowest BCUT2D eigenvalue weighted by molar-refractivity contribution is 0.499. The van der Waals surface area contributed by atoms with Gasteiger partial charge in [0, 0.05) is 49.7 Å². The molecule has 2 aromatic heterocycles. The van der Waals surface area contributed by atoms with Crippen LogP contribution in [0.15, 0.2) is 42.7 Å². The quantitative estimate of drug-likeness (QED) is 0.596. The van der Waals surface area contributed by atoms with Crippen molar-refractivity contribution in [3.63, 3.8) is 0 Å². The maximum absolute atomic E-state index is 14.4. The molecule has 0 radical (unpaired) electrons. The van der Waals surface area contributed by atoms with Gasteiger partial charge in [0.1, 0.15) is 23.5 Å². The Kier molecular flexibility index (Phi) is 5.69. The van der Waals surface area contributed by atoms with Gasteiger partial charge in [0.25, 0.3) is 0 Å². The highest BCUT2D eigenvalue weighted by Gasteiger charge is 2.20. The Morgan fingerprint density at radius 1 is 1.10 bits per heavy atom. The number of benzene rings is 1. The molecule has 1 fully saturated rings. The number of rotatable bonds is 4. The van der Waals surface area contributed by atoms with E-state index in [0.717, 1.165) is 48.4 Å². The van der Waals surface area contributed by atoms with Crippen LogP contribution in [0.3, 0.4) is 0 Å². The third-order valence-corrected chi connectivity index (χ3v) is 5.62. The smallest absolute Gasteiger partial charge is 0.148 e. The fraction of sp³-hybridized carbons (Fsp3) is 0.261. The van der Waals surface area contributed by atoms with Gasteiger partial charge in [0.15, 0.2) is 0 Å². The first-order valence-corrected chi connectivity index (χ1v) is 10.1. The molecule has 0 spiro atoms. The van der Waals surface area contributed by atoms with Gasteiger partial charge in [-0.25, -0.2) is 14.4 Å². The number of nitrogens with zero attached hydrogens (tertiary/aromatic N) is 4. The van der Waals surface area contributed by atoms with E-state index in [4.69, 9.17) is 16.7 Å². The number of hydrogen-bond donors (Lipinski definition) is 3. The standard InChI is InChI=1S/C23H24FN7/c1-28-23-21(27)9-16(12-30-23)19-13-29-22(31-6-4-17(26)5-7-31)10-18(19)14-2-3-15(11-25)20(24)8-14/h2-3,8-10,12-13,17H,4-7,26-27H2,1H3,(H,28,30). The van der Waals surface area contributed by atoms with Gasteiger partial charge < -0.3 is 21.7 Å². The Bertz CT molecular complexity index is 1150. The lowest BCUT2D eigenvalue weighted by atomic mass is 9.95. The van der Waals surface area contributed by atoms with E-state index in [-0.39, 0.29) is 11.6 Å². The maximum Gasteiger partial charge on any atom is 0.148 e. The second-order valence-corrected chi connectivity index (χ2v) is 7.63. The minimum atomic E-state index is -0.559. The summed E-state index contributed by atoms with van der Waals surface area (Å²) in [6.07, 6.45) is 5.28. The Hall–Kier alpha value is -3.70. The number of pyridine rings is 2. The summed E-state index contributed by atoms with van der Waals surface area (Å²) in [6.45, 7) is 1.64. The molecule has 31 heavy (non-hydrogen) atoms. The first kappa shape index (κ1) is 20.6. The molecule has 0 amide bonds. The molecular formula is C23H24FN7. The number of hydrogen-bond acceptors (Lipinski definition) is 7. The van der Waals surface area contributed by atoms with Crippen LogP contribution in [-0.4, -0.2) is 36.1 Å². The molecule has 0 aliphatic carbocycles. The van der Waals surface area contributed by atoms with E-state index in [9.17, 15) is 4.39 Å². The molecule has 1 aliphatic heterocycles. The van der Waals surface area contributed by atoms with Crippen LogP contribution in [-0.2, 0) is 0 Å². The average Bonchev–Trinajstić information content (AvgIpc) is 2.79. The predicted molar refractivity (Wildman–Crippen MR) is 121 cm³/mol. The maximum atomic E-state index is 14.4. The van der Waals surface area contributed by atoms with Crippen LogP contribution >= 0.6 is 0 Å². The monoisotopic (exact) mass is 417 g/mol. The van der Waals surface area contributed by atoms with Crippen molar-refractivity contribution in [3.8, 4) is 28.3 Å². The van der Waals surface area contributed by atoms with Crippen LogP contribution in [0.4, 0.5) is 21.7 Å². The van der Waals surface area contributed by atoms with Gasteiger partial charge in [0.05, 0.1) is 11.3 Å². The Labute approximate surface area is 180 Å². The first-order chi connectivity index (χ1) is 15.0. The molecule has 4 rings (SSSR count). The SMILES string of the molecule is CNc1ncc(-c2cnc(N3CCC(N)CC3)cc2-c2ccc(C#N)c(F)c2)cc1N. The van der Waals surface area contributed by atoms with Gasteiger partial charge in [-0.3, -0.25) is 0 Å². The fourth-order valence-corrected chi connectivity index (χ4v) is 3.83. The average molecular weight is 417 g/mol. The highest BCUT2D eigenvalue weighted by molar-refractivity contribution is 5.86. The largest absolute Gasteiger partial charge is 0.396 e. The van der Waals surface area contributed by atoms with Crippen molar-refractivity contribution in [1.82, 2.24) is 9.97 Å². The molecule has 3 heterocycles. The van der Waals surface area contributed by atoms with E-state index in [1.165, 1.54) is 12.1 Å². The third kappa shape index (κ3) is 4.13. The van der Waals surface area contributed by atoms with Crippen LogP contribution in [0.5, 0.6) is 0 Å². The number of nitrogens with two attached hydrogens (primary N) is 2. The molecule has 1 aromatic carbocycles. The fourth-order valence-electron chi connectivity index (χ4n) is 3.83. The summed E-state index contributed by atoms with van der Waals surface area (Å²) in [6, 6.07) is 10.5. The van der Waals surface area contributed by atoms with E-state index < -0.39 is 5.82 Å². The molecule has 1 aliphatic rings. The molecular weight excluding hydrogens is 393 g/mol. The molecule has 0 bridgehead atoms. The Morgan fingerprint density at radius 2 is 1.87 bits per heavy atom. The molecule has 8 heteroatoms. The number of aromatic nitrogens is 2. The van der Waals surface area contributed by atoms with Crippen molar-refractivity contribution < 1.29 is 4.39 Å². The van der Waals surface area contributed by atoms with Gasteiger partial charge in [-0.15, -0.1) is 0 Å².